The van der Waals surface area contributed by atoms with Crippen molar-refractivity contribution in [3.8, 4) is 0 Å². The lowest BCUT2D eigenvalue weighted by Crippen LogP contribution is -2.16. The molecular weight excluding hydrogens is 295 g/mol. The Morgan fingerprint density at radius 2 is 1.86 bits per heavy atom. The van der Waals surface area contributed by atoms with Gasteiger partial charge in [0.2, 0.25) is 0 Å². The van der Waals surface area contributed by atoms with Crippen LogP contribution in [0.4, 0.5) is 10.2 Å². The molecule has 1 aromatic heterocycles. The van der Waals surface area contributed by atoms with Crippen molar-refractivity contribution in [2.45, 2.75) is 24.8 Å². The second-order valence-electron chi connectivity index (χ2n) is 4.65. The van der Waals surface area contributed by atoms with Crippen LogP contribution in [-0.2, 0) is 10.0 Å². The normalized spacial score (nSPS) is 13.0. The molecule has 0 aliphatic rings. The summed E-state index contributed by atoms with van der Waals surface area (Å²) in [7, 11) is -3.89. The first-order valence-electron chi connectivity index (χ1n) is 6.23. The van der Waals surface area contributed by atoms with E-state index in [-0.39, 0.29) is 16.3 Å². The molecule has 112 valence electrons. The van der Waals surface area contributed by atoms with Gasteiger partial charge in [-0.05, 0) is 32.0 Å². The molecule has 1 atom stereocenters. The van der Waals surface area contributed by atoms with Gasteiger partial charge in [0.25, 0.3) is 10.0 Å². The molecule has 2 aromatic rings. The molecule has 0 saturated carbocycles. The molecule has 2 N–H and O–H groups in total. The Kier molecular flexibility index (Phi) is 4.24. The Balaban J connectivity index is 2.42. The first-order chi connectivity index (χ1) is 9.81. The molecule has 0 saturated heterocycles. The summed E-state index contributed by atoms with van der Waals surface area (Å²) in [6.45, 7) is 3.17. The van der Waals surface area contributed by atoms with E-state index in [9.17, 15) is 17.9 Å². The summed E-state index contributed by atoms with van der Waals surface area (Å²) in [6.07, 6.45) is -0.0526. The van der Waals surface area contributed by atoms with Gasteiger partial charge in [0.05, 0.1) is 16.6 Å². The van der Waals surface area contributed by atoms with Gasteiger partial charge < -0.3 is 5.11 Å². The van der Waals surface area contributed by atoms with Crippen molar-refractivity contribution in [1.29, 1.82) is 0 Å². The third kappa shape index (κ3) is 3.37. The number of hydrogen-bond acceptors (Lipinski definition) is 4. The number of sulfonamides is 1. The van der Waals surface area contributed by atoms with Crippen LogP contribution in [0.25, 0.3) is 0 Å². The molecule has 7 heteroatoms. The fourth-order valence-electron chi connectivity index (χ4n) is 1.83. The Hall–Kier alpha value is -1.99. The van der Waals surface area contributed by atoms with Crippen LogP contribution in [0.2, 0.25) is 0 Å². The zero-order valence-corrected chi connectivity index (χ0v) is 12.4. The highest BCUT2D eigenvalue weighted by Gasteiger charge is 2.21. The average molecular weight is 310 g/mol. The first kappa shape index (κ1) is 15.4. The number of pyridine rings is 1. The van der Waals surface area contributed by atoms with E-state index in [1.54, 1.807) is 12.1 Å². The van der Waals surface area contributed by atoms with Gasteiger partial charge in [-0.25, -0.2) is 17.8 Å². The van der Waals surface area contributed by atoms with Crippen LogP contribution in [0.3, 0.4) is 0 Å². The van der Waals surface area contributed by atoms with Crippen molar-refractivity contribution in [3.05, 3.63) is 53.5 Å². The van der Waals surface area contributed by atoms with E-state index >= 15 is 0 Å². The molecule has 0 aliphatic carbocycles. The molecule has 1 aromatic carbocycles. The zero-order chi connectivity index (χ0) is 15.6. The van der Waals surface area contributed by atoms with Gasteiger partial charge in [-0.3, -0.25) is 4.72 Å². The summed E-state index contributed by atoms with van der Waals surface area (Å²) >= 11 is 0. The standard InChI is InChI=1S/C14H15FN2O3S/c1-9-3-5-11(6-4-9)21(19,20)17-14-13(10(2)18)12(15)7-8-16-14/h3-8,10,18H,1-2H3,(H,16,17). The zero-order valence-electron chi connectivity index (χ0n) is 11.5. The quantitative estimate of drug-likeness (QED) is 0.908. The Morgan fingerprint density at radius 3 is 2.43 bits per heavy atom. The van der Waals surface area contributed by atoms with Gasteiger partial charge in [-0.15, -0.1) is 0 Å². The molecule has 0 aliphatic heterocycles. The summed E-state index contributed by atoms with van der Waals surface area (Å²) in [4.78, 5) is 3.84. The number of anilines is 1. The number of nitrogens with zero attached hydrogens (tertiary/aromatic N) is 1. The summed E-state index contributed by atoms with van der Waals surface area (Å²) < 4.78 is 40.4. The van der Waals surface area contributed by atoms with Gasteiger partial charge in [0.1, 0.15) is 11.6 Å². The number of nitrogens with one attached hydrogen (secondary N) is 1. The van der Waals surface area contributed by atoms with Crippen LogP contribution in [0.1, 0.15) is 24.2 Å². The monoisotopic (exact) mass is 310 g/mol. The second kappa shape index (κ2) is 5.79. The van der Waals surface area contributed by atoms with Gasteiger partial charge >= 0.3 is 0 Å². The molecule has 1 heterocycles. The van der Waals surface area contributed by atoms with Crippen LogP contribution < -0.4 is 4.72 Å². The molecular formula is C14H15FN2O3S. The number of benzene rings is 1. The third-order valence-electron chi connectivity index (χ3n) is 2.92. The highest BCUT2D eigenvalue weighted by molar-refractivity contribution is 7.92. The van der Waals surface area contributed by atoms with Gasteiger partial charge in [-0.2, -0.15) is 0 Å². The molecule has 1 unspecified atom stereocenters. The van der Waals surface area contributed by atoms with E-state index in [0.717, 1.165) is 17.8 Å². The molecule has 0 spiro atoms. The number of rotatable bonds is 4. The Bertz CT molecular complexity index is 743. The van der Waals surface area contributed by atoms with E-state index in [0.29, 0.717) is 0 Å². The highest BCUT2D eigenvalue weighted by atomic mass is 32.2. The van der Waals surface area contributed by atoms with Crippen molar-refractivity contribution in [1.82, 2.24) is 4.98 Å². The third-order valence-corrected chi connectivity index (χ3v) is 4.27. The molecule has 5 nitrogen and oxygen atoms in total. The van der Waals surface area contributed by atoms with E-state index in [2.05, 4.69) is 9.71 Å². The highest BCUT2D eigenvalue weighted by Crippen LogP contribution is 2.25. The average Bonchev–Trinajstić information content (AvgIpc) is 2.38. The van der Waals surface area contributed by atoms with Crippen molar-refractivity contribution in [2.24, 2.45) is 0 Å². The Labute approximate surface area is 122 Å². The maximum absolute atomic E-state index is 13.7. The number of aliphatic hydroxyl groups excluding tert-OH is 1. The maximum atomic E-state index is 13.7. The number of aromatic nitrogens is 1. The van der Waals surface area contributed by atoms with E-state index in [4.69, 9.17) is 0 Å². The number of halogens is 1. The van der Waals surface area contributed by atoms with Crippen molar-refractivity contribution < 1.29 is 17.9 Å². The van der Waals surface area contributed by atoms with Crippen molar-refractivity contribution in [2.75, 3.05) is 4.72 Å². The van der Waals surface area contributed by atoms with Crippen molar-refractivity contribution >= 4 is 15.8 Å². The summed E-state index contributed by atoms with van der Waals surface area (Å²) in [5.74, 6) is -0.938. The predicted molar refractivity (Wildman–Crippen MR) is 76.8 cm³/mol. The predicted octanol–water partition coefficient (Wildman–Crippen LogP) is 2.38. The lowest BCUT2D eigenvalue weighted by Gasteiger charge is -2.14. The van der Waals surface area contributed by atoms with Crippen LogP contribution in [0, 0.1) is 12.7 Å². The van der Waals surface area contributed by atoms with Crippen LogP contribution in [-0.4, -0.2) is 18.5 Å². The van der Waals surface area contributed by atoms with E-state index in [1.807, 2.05) is 6.92 Å². The molecule has 0 fully saturated rings. The van der Waals surface area contributed by atoms with E-state index in [1.165, 1.54) is 19.1 Å². The molecule has 0 bridgehead atoms. The van der Waals surface area contributed by atoms with Crippen molar-refractivity contribution in [3.63, 3.8) is 0 Å². The molecule has 0 amide bonds. The fraction of sp³-hybridized carbons (Fsp3) is 0.214. The fourth-order valence-corrected chi connectivity index (χ4v) is 2.86. The van der Waals surface area contributed by atoms with Crippen LogP contribution in [0.5, 0.6) is 0 Å². The number of aryl methyl sites for hydroxylation is 1. The largest absolute Gasteiger partial charge is 0.388 e. The summed E-state index contributed by atoms with van der Waals surface area (Å²) in [5, 5.41) is 9.57. The minimum atomic E-state index is -3.89. The second-order valence-corrected chi connectivity index (χ2v) is 6.33. The van der Waals surface area contributed by atoms with Gasteiger partial charge in [-0.1, -0.05) is 17.7 Å². The lowest BCUT2D eigenvalue weighted by atomic mass is 10.1. The summed E-state index contributed by atoms with van der Waals surface area (Å²) in [6, 6.07) is 7.26. The molecule has 21 heavy (non-hydrogen) atoms. The van der Waals surface area contributed by atoms with E-state index < -0.39 is 21.9 Å². The number of hydrogen-bond donors (Lipinski definition) is 2. The first-order valence-corrected chi connectivity index (χ1v) is 7.71. The smallest absolute Gasteiger partial charge is 0.263 e. The maximum Gasteiger partial charge on any atom is 0.263 e. The summed E-state index contributed by atoms with van der Waals surface area (Å²) in [5.41, 5.74) is 0.732. The topological polar surface area (TPSA) is 79.3 Å². The SMILES string of the molecule is Cc1ccc(S(=O)(=O)Nc2nccc(F)c2C(C)O)cc1. The number of aliphatic hydroxyl groups is 1. The van der Waals surface area contributed by atoms with Gasteiger partial charge in [0.15, 0.2) is 0 Å². The van der Waals surface area contributed by atoms with Gasteiger partial charge in [0, 0.05) is 6.20 Å². The molecule has 2 rings (SSSR count). The van der Waals surface area contributed by atoms with Crippen LogP contribution in [0.15, 0.2) is 41.4 Å². The lowest BCUT2D eigenvalue weighted by molar-refractivity contribution is 0.194. The molecule has 0 radical (unpaired) electrons. The minimum Gasteiger partial charge on any atom is -0.388 e. The minimum absolute atomic E-state index is 0.0377. The Morgan fingerprint density at radius 1 is 1.24 bits per heavy atom. The van der Waals surface area contributed by atoms with Crippen LogP contribution >= 0.6 is 0 Å².